The lowest BCUT2D eigenvalue weighted by atomic mass is 10.1. The van der Waals surface area contributed by atoms with Crippen molar-refractivity contribution in [3.05, 3.63) is 15.1 Å². The molecule has 0 aliphatic carbocycles. The number of hydrogen-bond acceptors (Lipinski definition) is 8. The van der Waals surface area contributed by atoms with Gasteiger partial charge in [-0.25, -0.2) is 4.98 Å². The predicted molar refractivity (Wildman–Crippen MR) is 201 cm³/mol. The summed E-state index contributed by atoms with van der Waals surface area (Å²) in [5, 5.41) is 2.55. The zero-order valence-corrected chi connectivity index (χ0v) is 36.3. The number of ether oxygens (including phenoxy) is 1. The number of aromatic nitrogens is 4. The molecule has 11 nitrogen and oxygen atoms in total. The number of carbonyl (C=O) groups excluding carboxylic acids is 1. The van der Waals surface area contributed by atoms with Crippen LogP contribution in [-0.4, -0.2) is 75.3 Å². The van der Waals surface area contributed by atoms with E-state index in [1.54, 1.807) is 18.4 Å². The number of nitrogens with one attached hydrogen (secondary N) is 2. The maximum Gasteiger partial charge on any atom is 0.280 e. The molecule has 1 saturated heterocycles. The van der Waals surface area contributed by atoms with Crippen molar-refractivity contribution in [3.8, 4) is 0 Å². The van der Waals surface area contributed by atoms with Gasteiger partial charge in [-0.05, 0) is 70.3 Å². The summed E-state index contributed by atoms with van der Waals surface area (Å²) in [4.78, 5) is 37.7. The summed E-state index contributed by atoms with van der Waals surface area (Å²) in [5.74, 6) is -0.524. The summed E-state index contributed by atoms with van der Waals surface area (Å²) in [5.41, 5.74) is -0.0808. The van der Waals surface area contributed by atoms with Gasteiger partial charge in [0.15, 0.2) is 47.1 Å². The molecule has 0 bridgehead atoms. The number of carbonyl (C=O) groups is 1. The van der Waals surface area contributed by atoms with Gasteiger partial charge in [-0.15, -0.1) is 0 Å². The van der Waals surface area contributed by atoms with Gasteiger partial charge in [0.2, 0.25) is 11.9 Å². The molecule has 2 aromatic heterocycles. The molecule has 3 rings (SSSR count). The van der Waals surface area contributed by atoms with Crippen LogP contribution in [-0.2, 0) is 22.8 Å². The van der Waals surface area contributed by atoms with Crippen molar-refractivity contribution in [2.24, 2.45) is 5.92 Å². The fraction of sp³-hybridized carbons (Fsp3) is 0.812. The Hall–Kier alpha value is -1.21. The maximum atomic E-state index is 13.3. The number of rotatable bonds is 10. The van der Waals surface area contributed by atoms with E-state index in [1.165, 1.54) is 0 Å². The summed E-state index contributed by atoms with van der Waals surface area (Å²) in [6.07, 6.45) is -2.26. The van der Waals surface area contributed by atoms with Crippen LogP contribution < -0.4 is 10.9 Å². The number of nitrogens with zero attached hydrogens (tertiary/aromatic N) is 3. The van der Waals surface area contributed by atoms with Gasteiger partial charge in [-0.2, -0.15) is 4.98 Å². The van der Waals surface area contributed by atoms with Crippen LogP contribution in [0.3, 0.4) is 0 Å². The number of amides is 1. The molecule has 15 heteroatoms. The van der Waals surface area contributed by atoms with E-state index < -0.39 is 55.1 Å². The highest BCUT2D eigenvalue weighted by molar-refractivity contribution is 9.10. The Balaban J connectivity index is 2.27. The van der Waals surface area contributed by atoms with Crippen molar-refractivity contribution in [3.63, 3.8) is 0 Å². The Bertz CT molecular complexity index is 1500. The van der Waals surface area contributed by atoms with Crippen molar-refractivity contribution in [2.75, 3.05) is 11.9 Å². The summed E-state index contributed by atoms with van der Waals surface area (Å²) in [6, 6.07) is 0. The first-order valence-corrected chi connectivity index (χ1v) is 26.2. The van der Waals surface area contributed by atoms with E-state index in [0.717, 1.165) is 0 Å². The Labute approximate surface area is 293 Å². The molecule has 268 valence electrons. The third-order valence-corrected chi connectivity index (χ3v) is 24.7. The maximum absolute atomic E-state index is 13.3. The average molecular weight is 775 g/mol. The van der Waals surface area contributed by atoms with E-state index in [-0.39, 0.29) is 44.1 Å². The van der Waals surface area contributed by atoms with Crippen LogP contribution in [0.15, 0.2) is 9.53 Å². The normalized spacial score (nSPS) is 22.0. The van der Waals surface area contributed by atoms with Gasteiger partial charge < -0.3 is 18.0 Å². The van der Waals surface area contributed by atoms with E-state index >= 15 is 0 Å². The van der Waals surface area contributed by atoms with Gasteiger partial charge in [-0.1, -0.05) is 76.2 Å². The number of aromatic amines is 1. The molecule has 1 aliphatic heterocycles. The Morgan fingerprint density at radius 3 is 1.85 bits per heavy atom. The standard InChI is InChI=1S/C32H60BrN5O6Si3/c1-19(2)25(39)36-29-35-24-21(26(40)37-29)34-28(33)38(24)27-23(44-47(16,17)32(9,10)11)22(43-46(14,15)31(6,7)8)20(42-27)18-41-45(12,13)30(3,4)5/h19-20,22-23,27H,18H2,1-17H3,(H2,35,36,37,39,40). The lowest BCUT2D eigenvalue weighted by molar-refractivity contribution is -0.118. The predicted octanol–water partition coefficient (Wildman–Crippen LogP) is 8.18. The van der Waals surface area contributed by atoms with E-state index in [4.69, 9.17) is 18.0 Å². The smallest absolute Gasteiger partial charge is 0.280 e. The zero-order chi connectivity index (χ0) is 36.3. The first-order chi connectivity index (χ1) is 21.0. The SMILES string of the molecule is CC(C)C(=O)Nc1nc2c(nc(Br)n2C2OC(CO[Si](C)(C)C(C)(C)C)C(O[Si](C)(C)C(C)(C)C)C2O[Si](C)(C)C(C)(C)C)c(=O)[nH]1. The van der Waals surface area contributed by atoms with Gasteiger partial charge in [0.05, 0.1) is 6.61 Å². The fourth-order valence-electron chi connectivity index (χ4n) is 4.36. The minimum absolute atomic E-state index is 0.00315. The van der Waals surface area contributed by atoms with Crippen molar-refractivity contribution in [1.29, 1.82) is 0 Å². The third kappa shape index (κ3) is 8.58. The van der Waals surface area contributed by atoms with E-state index in [9.17, 15) is 9.59 Å². The molecule has 0 saturated carbocycles. The second-order valence-electron chi connectivity index (χ2n) is 17.8. The highest BCUT2D eigenvalue weighted by atomic mass is 79.9. The summed E-state index contributed by atoms with van der Waals surface area (Å²) in [7, 11) is -6.94. The molecule has 0 spiro atoms. The number of fused-ring (bicyclic) bond motifs is 1. The lowest BCUT2D eigenvalue weighted by Gasteiger charge is -2.44. The van der Waals surface area contributed by atoms with Gasteiger partial charge in [0.1, 0.15) is 18.3 Å². The second kappa shape index (κ2) is 13.5. The quantitative estimate of drug-likeness (QED) is 0.183. The van der Waals surface area contributed by atoms with Gasteiger partial charge in [0, 0.05) is 5.92 Å². The first kappa shape index (κ1) is 40.2. The third-order valence-electron chi connectivity index (χ3n) is 10.7. The number of H-pyrrole nitrogens is 1. The van der Waals surface area contributed by atoms with Crippen LogP contribution in [0.1, 0.15) is 82.4 Å². The Morgan fingerprint density at radius 1 is 0.894 bits per heavy atom. The van der Waals surface area contributed by atoms with Crippen molar-refractivity contribution >= 4 is 63.9 Å². The molecular formula is C32H60BrN5O6Si3. The minimum atomic E-state index is -2.42. The van der Waals surface area contributed by atoms with Crippen molar-refractivity contribution in [1.82, 2.24) is 19.5 Å². The highest BCUT2D eigenvalue weighted by Crippen LogP contribution is 2.47. The van der Waals surface area contributed by atoms with Gasteiger partial charge >= 0.3 is 0 Å². The Morgan fingerprint density at radius 2 is 1.38 bits per heavy atom. The zero-order valence-electron chi connectivity index (χ0n) is 31.8. The number of anilines is 1. The van der Waals surface area contributed by atoms with Crippen LogP contribution in [0.4, 0.5) is 5.95 Å². The molecule has 1 aliphatic rings. The molecule has 47 heavy (non-hydrogen) atoms. The molecule has 3 heterocycles. The van der Waals surface area contributed by atoms with Crippen LogP contribution in [0.25, 0.3) is 11.2 Å². The van der Waals surface area contributed by atoms with Crippen molar-refractivity contribution in [2.45, 2.75) is 155 Å². The molecular weight excluding hydrogens is 715 g/mol. The first-order valence-electron chi connectivity index (χ1n) is 16.6. The van der Waals surface area contributed by atoms with E-state index in [2.05, 4.69) is 138 Å². The summed E-state index contributed by atoms with van der Waals surface area (Å²) >= 11 is 3.62. The fourth-order valence-corrected chi connectivity index (χ4v) is 8.53. The second-order valence-corrected chi connectivity index (χ2v) is 32.8. The van der Waals surface area contributed by atoms with Crippen LogP contribution in [0, 0.1) is 5.92 Å². The molecule has 2 aromatic rings. The molecule has 2 N–H and O–H groups in total. The van der Waals surface area contributed by atoms with Gasteiger partial charge in [0.25, 0.3) is 5.56 Å². The summed E-state index contributed by atoms with van der Waals surface area (Å²) < 4.78 is 30.4. The van der Waals surface area contributed by atoms with Gasteiger partial charge in [-0.3, -0.25) is 24.5 Å². The highest BCUT2D eigenvalue weighted by Gasteiger charge is 2.55. The summed E-state index contributed by atoms with van der Waals surface area (Å²) in [6.45, 7) is 37.2. The molecule has 4 atom stereocenters. The van der Waals surface area contributed by atoms with Crippen LogP contribution in [0.2, 0.25) is 54.4 Å². The molecule has 0 aromatic carbocycles. The molecule has 0 radical (unpaired) electrons. The number of halogens is 1. The molecule has 4 unspecified atom stereocenters. The number of hydrogen-bond donors (Lipinski definition) is 2. The minimum Gasteiger partial charge on any atom is -0.414 e. The monoisotopic (exact) mass is 773 g/mol. The van der Waals surface area contributed by atoms with Crippen LogP contribution in [0.5, 0.6) is 0 Å². The topological polar surface area (TPSA) is 130 Å². The van der Waals surface area contributed by atoms with E-state index in [1.807, 2.05) is 0 Å². The molecule has 1 amide bonds. The lowest BCUT2D eigenvalue weighted by Crippen LogP contribution is -2.54. The van der Waals surface area contributed by atoms with E-state index in [0.29, 0.717) is 11.3 Å². The van der Waals surface area contributed by atoms with Crippen molar-refractivity contribution < 1.29 is 22.8 Å². The average Bonchev–Trinajstić information content (AvgIpc) is 3.36. The molecule has 1 fully saturated rings. The van der Waals surface area contributed by atoms with Crippen LogP contribution >= 0.6 is 15.9 Å². The number of imidazole rings is 1. The Kier molecular flexibility index (Phi) is 11.5. The largest absolute Gasteiger partial charge is 0.414 e.